The van der Waals surface area contributed by atoms with Crippen LogP contribution in [-0.4, -0.2) is 44.0 Å². The number of benzene rings is 2. The molecule has 0 saturated carbocycles. The summed E-state index contributed by atoms with van der Waals surface area (Å²) in [5.74, 6) is -1.42. The first kappa shape index (κ1) is 20.9. The van der Waals surface area contributed by atoms with Crippen LogP contribution in [0.1, 0.15) is 18.1 Å². The Morgan fingerprint density at radius 2 is 1.69 bits per heavy atom. The zero-order chi connectivity index (χ0) is 21.2. The van der Waals surface area contributed by atoms with Crippen molar-refractivity contribution in [2.45, 2.75) is 29.3 Å². The summed E-state index contributed by atoms with van der Waals surface area (Å²) in [7, 11) is -3.37. The van der Waals surface area contributed by atoms with Gasteiger partial charge in [0.2, 0.25) is 0 Å². The van der Waals surface area contributed by atoms with Crippen molar-refractivity contribution in [3.63, 3.8) is 0 Å². The molecule has 1 aliphatic rings. The summed E-state index contributed by atoms with van der Waals surface area (Å²) in [4.78, 5) is 15.7. The molecule has 6 nitrogen and oxygen atoms in total. The molecule has 2 aromatic rings. The standard InChI is InChI=1S/C21H21FN2O4S/c1-14(20(25)26)24-19-13-23-12-11-21(19,15-3-7-17(22)8-4-15)16-5-9-18(10-6-16)29(2,27)28/h3-14,19,24H,1-2H3,(H,25,26)/t14-,19?,21?/m0/s1. The predicted molar refractivity (Wildman–Crippen MR) is 108 cm³/mol. The lowest BCUT2D eigenvalue weighted by Gasteiger charge is -2.40. The Balaban J connectivity index is 2.18. The van der Waals surface area contributed by atoms with Crippen molar-refractivity contribution >= 4 is 22.0 Å². The van der Waals surface area contributed by atoms with E-state index in [2.05, 4.69) is 10.3 Å². The van der Waals surface area contributed by atoms with Crippen molar-refractivity contribution in [3.8, 4) is 0 Å². The molecule has 29 heavy (non-hydrogen) atoms. The second-order valence-corrected chi connectivity index (χ2v) is 9.01. The molecule has 2 aromatic carbocycles. The van der Waals surface area contributed by atoms with Gasteiger partial charge in [-0.2, -0.15) is 0 Å². The van der Waals surface area contributed by atoms with Crippen LogP contribution in [0.15, 0.2) is 70.7 Å². The monoisotopic (exact) mass is 416 g/mol. The van der Waals surface area contributed by atoms with Crippen molar-refractivity contribution in [2.75, 3.05) is 6.26 Å². The third-order valence-electron chi connectivity index (χ3n) is 5.03. The van der Waals surface area contributed by atoms with E-state index in [4.69, 9.17) is 0 Å². The maximum Gasteiger partial charge on any atom is 0.320 e. The molecule has 0 radical (unpaired) electrons. The number of carboxylic acid groups (broad SMARTS) is 1. The lowest BCUT2D eigenvalue weighted by atomic mass is 9.68. The molecule has 1 aliphatic heterocycles. The van der Waals surface area contributed by atoms with Gasteiger partial charge < -0.3 is 5.11 Å². The Kier molecular flexibility index (Phi) is 5.68. The molecule has 0 spiro atoms. The summed E-state index contributed by atoms with van der Waals surface area (Å²) >= 11 is 0. The Morgan fingerprint density at radius 3 is 2.21 bits per heavy atom. The van der Waals surface area contributed by atoms with Gasteiger partial charge in [-0.1, -0.05) is 24.3 Å². The maximum absolute atomic E-state index is 13.6. The molecule has 152 valence electrons. The molecule has 0 aromatic heterocycles. The molecule has 0 bridgehead atoms. The number of hydrogen-bond acceptors (Lipinski definition) is 5. The van der Waals surface area contributed by atoms with Crippen LogP contribution >= 0.6 is 0 Å². The number of rotatable bonds is 6. The van der Waals surface area contributed by atoms with Crippen molar-refractivity contribution in [1.29, 1.82) is 0 Å². The van der Waals surface area contributed by atoms with Crippen molar-refractivity contribution < 1.29 is 22.7 Å². The number of aliphatic imine (C=N–C) groups is 1. The number of hydrogen-bond donors (Lipinski definition) is 2. The van der Waals surface area contributed by atoms with Crippen LogP contribution in [0.4, 0.5) is 4.39 Å². The quantitative estimate of drug-likeness (QED) is 0.755. The van der Waals surface area contributed by atoms with Gasteiger partial charge in [0, 0.05) is 18.7 Å². The fourth-order valence-electron chi connectivity index (χ4n) is 3.45. The minimum Gasteiger partial charge on any atom is -0.480 e. The molecule has 0 fully saturated rings. The number of nitrogens with one attached hydrogen (secondary N) is 1. The summed E-state index contributed by atoms with van der Waals surface area (Å²) in [5, 5.41) is 12.4. The van der Waals surface area contributed by atoms with Gasteiger partial charge in [-0.3, -0.25) is 15.1 Å². The van der Waals surface area contributed by atoms with E-state index in [9.17, 15) is 22.7 Å². The fourth-order valence-corrected chi connectivity index (χ4v) is 4.08. The van der Waals surface area contributed by atoms with Crippen LogP contribution in [0.5, 0.6) is 0 Å². The number of carboxylic acids is 1. The Bertz CT molecular complexity index is 1060. The molecule has 0 amide bonds. The van der Waals surface area contributed by atoms with E-state index in [-0.39, 0.29) is 4.90 Å². The molecule has 3 rings (SSSR count). The van der Waals surface area contributed by atoms with Gasteiger partial charge in [0.25, 0.3) is 0 Å². The first-order chi connectivity index (χ1) is 13.6. The van der Waals surface area contributed by atoms with Gasteiger partial charge in [0.05, 0.1) is 16.4 Å². The van der Waals surface area contributed by atoms with E-state index >= 15 is 0 Å². The van der Waals surface area contributed by atoms with Crippen LogP contribution in [0.2, 0.25) is 0 Å². The van der Waals surface area contributed by atoms with E-state index in [0.29, 0.717) is 11.1 Å². The molecule has 8 heteroatoms. The maximum atomic E-state index is 13.6. The second kappa shape index (κ2) is 7.88. The van der Waals surface area contributed by atoms with Crippen molar-refractivity contribution in [1.82, 2.24) is 5.32 Å². The van der Waals surface area contributed by atoms with E-state index in [1.807, 2.05) is 6.08 Å². The molecule has 0 aliphatic carbocycles. The van der Waals surface area contributed by atoms with E-state index in [1.165, 1.54) is 31.2 Å². The van der Waals surface area contributed by atoms with Gasteiger partial charge in [0.15, 0.2) is 9.84 Å². The topological polar surface area (TPSA) is 95.8 Å². The smallest absolute Gasteiger partial charge is 0.320 e. The lowest BCUT2D eigenvalue weighted by molar-refractivity contribution is -0.139. The lowest BCUT2D eigenvalue weighted by Crippen LogP contribution is -2.54. The van der Waals surface area contributed by atoms with E-state index in [0.717, 1.165) is 6.26 Å². The molecular weight excluding hydrogens is 395 g/mol. The molecular formula is C21H21FN2O4S. The van der Waals surface area contributed by atoms with Crippen LogP contribution in [-0.2, 0) is 20.0 Å². The molecule has 2 N–H and O–H groups in total. The third kappa shape index (κ3) is 4.13. The summed E-state index contributed by atoms with van der Waals surface area (Å²) in [6, 6.07) is 10.9. The van der Waals surface area contributed by atoms with Gasteiger partial charge in [0.1, 0.15) is 11.9 Å². The van der Waals surface area contributed by atoms with Crippen LogP contribution in [0.3, 0.4) is 0 Å². The molecule has 1 heterocycles. The largest absolute Gasteiger partial charge is 0.480 e. The summed E-state index contributed by atoms with van der Waals surface area (Å²) in [6.07, 6.45) is 6.14. The van der Waals surface area contributed by atoms with Crippen LogP contribution < -0.4 is 5.32 Å². The Labute approximate surface area is 168 Å². The van der Waals surface area contributed by atoms with Crippen LogP contribution in [0, 0.1) is 5.82 Å². The van der Waals surface area contributed by atoms with Gasteiger partial charge in [-0.25, -0.2) is 12.8 Å². The van der Waals surface area contributed by atoms with E-state index in [1.54, 1.807) is 36.7 Å². The summed E-state index contributed by atoms with van der Waals surface area (Å²) in [5.41, 5.74) is 0.521. The van der Waals surface area contributed by atoms with E-state index < -0.39 is 39.1 Å². The first-order valence-corrected chi connectivity index (χ1v) is 10.8. The average Bonchev–Trinajstić information content (AvgIpc) is 2.68. The zero-order valence-corrected chi connectivity index (χ0v) is 16.7. The predicted octanol–water partition coefficient (Wildman–Crippen LogP) is 2.54. The van der Waals surface area contributed by atoms with Gasteiger partial charge in [-0.05, 0) is 48.4 Å². The number of aliphatic carboxylic acids is 1. The van der Waals surface area contributed by atoms with Crippen molar-refractivity contribution in [2.24, 2.45) is 4.99 Å². The highest BCUT2D eigenvalue weighted by molar-refractivity contribution is 7.90. The molecule has 0 saturated heterocycles. The second-order valence-electron chi connectivity index (χ2n) is 6.99. The number of carbonyl (C=O) groups is 1. The Hall–Kier alpha value is -2.84. The van der Waals surface area contributed by atoms with Gasteiger partial charge >= 0.3 is 5.97 Å². The number of sulfone groups is 1. The normalized spacial score (nSPS) is 22.4. The number of halogens is 1. The Morgan fingerprint density at radius 1 is 1.14 bits per heavy atom. The van der Waals surface area contributed by atoms with Crippen molar-refractivity contribution in [3.05, 3.63) is 77.8 Å². The summed E-state index contributed by atoms with van der Waals surface area (Å²) in [6.45, 7) is 1.52. The average molecular weight is 416 g/mol. The summed E-state index contributed by atoms with van der Waals surface area (Å²) < 4.78 is 37.3. The third-order valence-corrected chi connectivity index (χ3v) is 6.16. The number of nitrogens with zero attached hydrogens (tertiary/aromatic N) is 1. The van der Waals surface area contributed by atoms with Gasteiger partial charge in [-0.15, -0.1) is 0 Å². The first-order valence-electron chi connectivity index (χ1n) is 8.91. The highest BCUT2D eigenvalue weighted by Gasteiger charge is 2.42. The minimum absolute atomic E-state index is 0.173. The SMILES string of the molecule is C[C@H](NC1C=NC=CC1(c1ccc(F)cc1)c1ccc(S(C)(=O)=O)cc1)C(=O)O. The minimum atomic E-state index is -3.37. The highest BCUT2D eigenvalue weighted by Crippen LogP contribution is 2.39. The highest BCUT2D eigenvalue weighted by atomic mass is 32.2. The fraction of sp³-hybridized carbons (Fsp3) is 0.238. The van der Waals surface area contributed by atoms with Crippen LogP contribution in [0.25, 0.3) is 0 Å². The molecule has 3 atom stereocenters. The zero-order valence-electron chi connectivity index (χ0n) is 15.9. The molecule has 2 unspecified atom stereocenters.